The highest BCUT2D eigenvalue weighted by Gasteiger charge is 2.49. The minimum Gasteiger partial charge on any atom is -0.744 e. The molecule has 4 aromatic rings. The first-order valence-electron chi connectivity index (χ1n) is 26.6. The highest BCUT2D eigenvalue weighted by atomic mass is 32.2. The van der Waals surface area contributed by atoms with Crippen LogP contribution in [0.1, 0.15) is 76.8 Å². The Morgan fingerprint density at radius 3 is 1.69 bits per heavy atom. The van der Waals surface area contributed by atoms with Crippen LogP contribution in [0.4, 0.5) is 11.4 Å². The fourth-order valence-electron chi connectivity index (χ4n) is 10.8. The number of ether oxygens (including phenoxy) is 5. The summed E-state index contributed by atoms with van der Waals surface area (Å²) < 4.78 is 208. The number of rotatable bonds is 34. The normalized spacial score (nSPS) is 18.5. The van der Waals surface area contributed by atoms with E-state index in [1.165, 1.54) is 12.1 Å². The molecule has 2 unspecified atom stereocenters. The number of allylic oxidation sites excluding steroid dienone is 8. The first kappa shape index (κ1) is 67.8. The lowest BCUT2D eigenvalue weighted by molar-refractivity contribution is -0.433. The van der Waals surface area contributed by atoms with Crippen LogP contribution in [0.15, 0.2) is 116 Å². The third kappa shape index (κ3) is 16.8. The van der Waals surface area contributed by atoms with Crippen molar-refractivity contribution in [3.8, 4) is 0 Å². The third-order valence-corrected chi connectivity index (χ3v) is 18.8. The number of hydrogen-bond donors (Lipinski definition) is 5. The molecule has 0 saturated carbocycles. The van der Waals surface area contributed by atoms with Gasteiger partial charge in [0.1, 0.15) is 21.6 Å². The second-order valence-corrected chi connectivity index (χ2v) is 27.4. The Morgan fingerprint density at radius 2 is 1.14 bits per heavy atom. The van der Waals surface area contributed by atoms with Gasteiger partial charge in [0.2, 0.25) is 5.69 Å². The molecule has 0 aromatic heterocycles. The van der Waals surface area contributed by atoms with Crippen molar-refractivity contribution in [2.45, 2.75) is 96.1 Å². The number of anilines is 1. The van der Waals surface area contributed by atoms with E-state index in [0.717, 1.165) is 12.1 Å². The molecule has 0 spiro atoms. The van der Waals surface area contributed by atoms with Crippen LogP contribution in [-0.2, 0) is 89.9 Å². The van der Waals surface area contributed by atoms with E-state index in [2.05, 4.69) is 0 Å². The average Bonchev–Trinajstić information content (AvgIpc) is 1.64. The Kier molecular flexibility index (Phi) is 22.9. The summed E-state index contributed by atoms with van der Waals surface area (Å²) in [6.45, 7) is 8.87. The van der Waals surface area contributed by atoms with Gasteiger partial charge in [0, 0.05) is 72.0 Å². The lowest BCUT2D eigenvalue weighted by Crippen LogP contribution is -2.33. The van der Waals surface area contributed by atoms with E-state index >= 15 is 0 Å². The maximum atomic E-state index is 12.8. The van der Waals surface area contributed by atoms with E-state index < -0.39 is 92.7 Å². The van der Waals surface area contributed by atoms with E-state index in [1.54, 1.807) is 68.7 Å². The molecule has 0 amide bonds. The monoisotopic (exact) mass is 1270 g/mol. The highest BCUT2D eigenvalue weighted by Crippen LogP contribution is 2.54. The standard InChI is InChI=1S/C55H70N2O22S5/c1-5-56-45-20-18-41-43(35-39(81(63,64)65)37-47(41)83(69,70)71)52(45)55(3,23-25-76-28-29-78-32-33-79-31-30-77-27-26-75-4)49(56)15-10-7-6-8-11-16-50-54(2,22-14-34-80(60,61)62)53-44-36-40(82(66,67)68)38-48(84(72,73)74)42(44)19-21-46(53)57(50)24-13-9-12-17-51(58)59/h6-8,10-11,15-16,18-21,35-38H,5,9,12-14,17,22-34H2,1-4H3,(H5-,58,59,60,61,62,63,64,65,66,67,68,69,70,71,72,73,74). The van der Waals surface area contributed by atoms with Gasteiger partial charge in [-0.3, -0.25) is 23.0 Å². The van der Waals surface area contributed by atoms with Gasteiger partial charge in [-0.05, 0) is 112 Å². The van der Waals surface area contributed by atoms with Gasteiger partial charge in [0.15, 0.2) is 5.71 Å². The Balaban J connectivity index is 1.37. The van der Waals surface area contributed by atoms with E-state index in [0.29, 0.717) is 111 Å². The molecule has 5 N–H and O–H groups in total. The molecule has 24 nitrogen and oxygen atoms in total. The number of hydrogen-bond acceptors (Lipinski definition) is 18. The van der Waals surface area contributed by atoms with Gasteiger partial charge in [-0.2, -0.15) is 38.2 Å². The molecule has 6 rings (SSSR count). The molecule has 29 heteroatoms. The lowest BCUT2D eigenvalue weighted by atomic mass is 9.75. The fourth-order valence-corrected chi connectivity index (χ4v) is 14.0. The van der Waals surface area contributed by atoms with Gasteiger partial charge in [0.25, 0.3) is 40.5 Å². The van der Waals surface area contributed by atoms with Crippen LogP contribution in [0.25, 0.3) is 21.5 Å². The smallest absolute Gasteiger partial charge is 0.303 e. The largest absolute Gasteiger partial charge is 0.744 e. The summed E-state index contributed by atoms with van der Waals surface area (Å²) in [6, 6.07) is 9.41. The summed E-state index contributed by atoms with van der Waals surface area (Å²) >= 11 is 0. The van der Waals surface area contributed by atoms with Crippen LogP contribution in [0.5, 0.6) is 0 Å². The summed E-state index contributed by atoms with van der Waals surface area (Å²) in [6.07, 6.45) is 13.1. The number of unbranched alkanes of at least 4 members (excludes halogenated alkanes) is 2. The number of carbonyl (C=O) groups is 1. The van der Waals surface area contributed by atoms with Crippen LogP contribution >= 0.6 is 0 Å². The molecule has 0 bridgehead atoms. The zero-order chi connectivity index (χ0) is 61.9. The zero-order valence-electron chi connectivity index (χ0n) is 46.7. The Bertz CT molecular complexity index is 3840. The van der Waals surface area contributed by atoms with Gasteiger partial charge < -0.3 is 38.2 Å². The first-order chi connectivity index (χ1) is 39.4. The first-order valence-corrected chi connectivity index (χ1v) is 33.9. The molecular formula is C55H70N2O22S5. The maximum Gasteiger partial charge on any atom is 0.303 e. The molecule has 462 valence electrons. The van der Waals surface area contributed by atoms with Crippen molar-refractivity contribution in [1.82, 2.24) is 0 Å². The minimum absolute atomic E-state index is 0.00502. The number of carboxylic acids is 1. The zero-order valence-corrected chi connectivity index (χ0v) is 50.8. The van der Waals surface area contributed by atoms with Crippen LogP contribution in [0.3, 0.4) is 0 Å². The molecule has 0 saturated heterocycles. The van der Waals surface area contributed by atoms with Crippen LogP contribution in [0.2, 0.25) is 0 Å². The van der Waals surface area contributed by atoms with Crippen molar-refractivity contribution in [2.24, 2.45) is 0 Å². The SMILES string of the molecule is CC[N+]1=C(C=CC=CC=CC=C2N(CCCCCC(=O)O)c3ccc4c(S(=O)(=O)O)cc(S(=O)(=O)O)cc4c3C2(C)CCCS(=O)(=O)O)C(C)(CCOCCOCCOCCOCCOC)c2c1ccc1c(S(=O)(=O)[O-])cc(S(=O)(=O)O)cc21. The second-order valence-electron chi connectivity index (χ2n) is 20.2. The van der Waals surface area contributed by atoms with Crippen molar-refractivity contribution in [1.29, 1.82) is 0 Å². The van der Waals surface area contributed by atoms with E-state index in [9.17, 15) is 74.8 Å². The number of carboxylic acid groups (broad SMARTS) is 1. The summed E-state index contributed by atoms with van der Waals surface area (Å²) in [4.78, 5) is 9.91. The van der Waals surface area contributed by atoms with Gasteiger partial charge in [-0.25, -0.2) is 8.42 Å². The minimum atomic E-state index is -5.28. The topological polar surface area (TPSA) is 364 Å². The molecule has 0 aliphatic carbocycles. The van der Waals surface area contributed by atoms with Crippen LogP contribution < -0.4 is 4.90 Å². The molecule has 0 fully saturated rings. The summed E-state index contributed by atoms with van der Waals surface area (Å²) in [5.74, 6) is -1.67. The van der Waals surface area contributed by atoms with Crippen LogP contribution in [-0.4, -0.2) is 172 Å². The maximum absolute atomic E-state index is 12.8. The van der Waals surface area contributed by atoms with Crippen LogP contribution in [0, 0.1) is 0 Å². The molecule has 84 heavy (non-hydrogen) atoms. The van der Waals surface area contributed by atoms with E-state index in [1.807, 2.05) is 23.3 Å². The highest BCUT2D eigenvalue weighted by molar-refractivity contribution is 7.87. The Morgan fingerprint density at radius 1 is 0.607 bits per heavy atom. The molecule has 4 aromatic carbocycles. The van der Waals surface area contributed by atoms with Gasteiger partial charge >= 0.3 is 5.97 Å². The Labute approximate surface area is 489 Å². The molecule has 2 aliphatic heterocycles. The number of fused-ring (bicyclic) bond motifs is 6. The van der Waals surface area contributed by atoms with E-state index in [-0.39, 0.29) is 73.6 Å². The predicted octanol–water partition coefficient (Wildman–Crippen LogP) is 6.76. The predicted molar refractivity (Wildman–Crippen MR) is 310 cm³/mol. The quantitative estimate of drug-likeness (QED) is 0.0139. The summed E-state index contributed by atoms with van der Waals surface area (Å²) in [5, 5.41) is 9.21. The van der Waals surface area contributed by atoms with Crippen molar-refractivity contribution in [2.75, 3.05) is 90.3 Å². The lowest BCUT2D eigenvalue weighted by Gasteiger charge is -2.31. The second kappa shape index (κ2) is 28.4. The third-order valence-electron chi connectivity index (χ3n) is 14.6. The molecular weight excluding hydrogens is 1200 g/mol. The summed E-state index contributed by atoms with van der Waals surface area (Å²) in [5.41, 5.74) is 0.601. The molecule has 0 radical (unpaired) electrons. The number of methoxy groups -OCH3 is 1. The van der Waals surface area contributed by atoms with E-state index in [4.69, 9.17) is 23.7 Å². The van der Waals surface area contributed by atoms with Gasteiger partial charge in [0.05, 0.1) is 78.7 Å². The van der Waals surface area contributed by atoms with Gasteiger partial charge in [-0.15, -0.1) is 0 Å². The number of benzene rings is 4. The van der Waals surface area contributed by atoms with Crippen molar-refractivity contribution in [3.63, 3.8) is 0 Å². The summed E-state index contributed by atoms with van der Waals surface area (Å²) in [7, 11) is -23.4. The Hall–Kier alpha value is -5.35. The number of nitrogens with zero attached hydrogens (tertiary/aromatic N) is 2. The fraction of sp³-hybridized carbons (Fsp3) is 0.455. The molecule has 2 atom stereocenters. The average molecular weight is 1270 g/mol. The van der Waals surface area contributed by atoms with Crippen molar-refractivity contribution < 1.29 is 103 Å². The van der Waals surface area contributed by atoms with Crippen molar-refractivity contribution in [3.05, 3.63) is 108 Å². The van der Waals surface area contributed by atoms with Crippen molar-refractivity contribution >= 4 is 95.2 Å². The molecule has 2 aliphatic rings. The molecule has 2 heterocycles. The number of aliphatic carboxylic acids is 1. The van der Waals surface area contributed by atoms with Gasteiger partial charge in [-0.1, -0.05) is 42.9 Å².